The fraction of sp³-hybridized carbons (Fsp3) is 0.176. The number of nitrogens with one attached hydrogen (secondary N) is 2. The Bertz CT molecular complexity index is 795. The maximum atomic E-state index is 11.0. The van der Waals surface area contributed by atoms with Gasteiger partial charge in [0.2, 0.25) is 0 Å². The zero-order valence-corrected chi connectivity index (χ0v) is 14.5. The Morgan fingerprint density at radius 2 is 1.83 bits per heavy atom. The SMILES string of the molecule is Cc1cc(C)c(/C=N\NC(=S)Nc2ccccc2[N+](=O)[O-])c(C)c1. The van der Waals surface area contributed by atoms with Crippen LogP contribution in [-0.2, 0) is 0 Å². The number of nitro groups is 1. The van der Waals surface area contributed by atoms with Gasteiger partial charge < -0.3 is 5.32 Å². The molecule has 7 heteroatoms. The number of nitrogens with zero attached hydrogens (tertiary/aromatic N) is 2. The van der Waals surface area contributed by atoms with Gasteiger partial charge in [-0.25, -0.2) is 0 Å². The lowest BCUT2D eigenvalue weighted by atomic mass is 10.0. The van der Waals surface area contributed by atoms with Gasteiger partial charge in [-0.05, 0) is 50.2 Å². The van der Waals surface area contributed by atoms with Crippen LogP contribution in [0.5, 0.6) is 0 Å². The molecule has 2 aromatic carbocycles. The van der Waals surface area contributed by atoms with E-state index in [1.54, 1.807) is 24.4 Å². The van der Waals surface area contributed by atoms with E-state index in [0.29, 0.717) is 5.69 Å². The summed E-state index contributed by atoms with van der Waals surface area (Å²) in [5, 5.41) is 18.1. The summed E-state index contributed by atoms with van der Waals surface area (Å²) in [6.45, 7) is 6.08. The second kappa shape index (κ2) is 7.65. The monoisotopic (exact) mass is 342 g/mol. The van der Waals surface area contributed by atoms with Crippen molar-refractivity contribution in [2.75, 3.05) is 5.32 Å². The van der Waals surface area contributed by atoms with Gasteiger partial charge in [-0.15, -0.1) is 0 Å². The zero-order valence-electron chi connectivity index (χ0n) is 13.7. The van der Waals surface area contributed by atoms with Gasteiger partial charge in [0.25, 0.3) is 5.69 Å². The molecule has 0 saturated heterocycles. The van der Waals surface area contributed by atoms with Crippen LogP contribution in [0.1, 0.15) is 22.3 Å². The van der Waals surface area contributed by atoms with E-state index in [2.05, 4.69) is 28.0 Å². The number of thiocarbonyl (C=S) groups is 1. The second-order valence-electron chi connectivity index (χ2n) is 5.41. The van der Waals surface area contributed by atoms with Crippen LogP contribution >= 0.6 is 12.2 Å². The molecule has 0 atom stereocenters. The van der Waals surface area contributed by atoms with Crippen LogP contribution in [0.4, 0.5) is 11.4 Å². The summed E-state index contributed by atoms with van der Waals surface area (Å²) >= 11 is 5.13. The van der Waals surface area contributed by atoms with Crippen molar-refractivity contribution in [3.05, 3.63) is 68.8 Å². The third-order valence-electron chi connectivity index (χ3n) is 3.45. The number of hydrogen-bond acceptors (Lipinski definition) is 4. The van der Waals surface area contributed by atoms with E-state index in [-0.39, 0.29) is 10.8 Å². The van der Waals surface area contributed by atoms with Crippen LogP contribution in [0.25, 0.3) is 0 Å². The van der Waals surface area contributed by atoms with Crippen molar-refractivity contribution >= 4 is 34.9 Å². The number of rotatable bonds is 4. The van der Waals surface area contributed by atoms with Crippen LogP contribution in [-0.4, -0.2) is 16.3 Å². The van der Waals surface area contributed by atoms with E-state index in [1.165, 1.54) is 11.6 Å². The molecule has 2 aromatic rings. The fourth-order valence-electron chi connectivity index (χ4n) is 2.44. The van der Waals surface area contributed by atoms with Gasteiger partial charge in [0.05, 0.1) is 11.1 Å². The van der Waals surface area contributed by atoms with E-state index >= 15 is 0 Å². The Hall–Kier alpha value is -2.80. The van der Waals surface area contributed by atoms with Crippen molar-refractivity contribution in [1.82, 2.24) is 5.43 Å². The van der Waals surface area contributed by atoms with Gasteiger partial charge in [0, 0.05) is 11.6 Å². The minimum Gasteiger partial charge on any atom is -0.326 e. The Kier molecular flexibility index (Phi) is 5.59. The first-order valence-corrected chi connectivity index (χ1v) is 7.70. The summed E-state index contributed by atoms with van der Waals surface area (Å²) in [5.74, 6) is 0. The minimum absolute atomic E-state index is 0.0455. The third kappa shape index (κ3) is 4.36. The smallest absolute Gasteiger partial charge is 0.292 e. The predicted octanol–water partition coefficient (Wildman–Crippen LogP) is 3.84. The topological polar surface area (TPSA) is 79.6 Å². The van der Waals surface area contributed by atoms with E-state index in [9.17, 15) is 10.1 Å². The summed E-state index contributed by atoms with van der Waals surface area (Å²) in [6, 6.07) is 10.5. The molecule has 0 spiro atoms. The molecule has 0 aliphatic rings. The molecule has 0 unspecified atom stereocenters. The Balaban J connectivity index is 2.06. The number of hydrazone groups is 1. The lowest BCUT2D eigenvalue weighted by molar-refractivity contribution is -0.383. The first-order chi connectivity index (χ1) is 11.4. The van der Waals surface area contributed by atoms with Crippen LogP contribution in [0.15, 0.2) is 41.5 Å². The molecule has 0 aliphatic heterocycles. The Labute approximate surface area is 145 Å². The maximum absolute atomic E-state index is 11.0. The molecule has 0 heterocycles. The van der Waals surface area contributed by atoms with Crippen LogP contribution < -0.4 is 10.7 Å². The molecule has 0 fully saturated rings. The van der Waals surface area contributed by atoms with Crippen molar-refractivity contribution in [2.45, 2.75) is 20.8 Å². The predicted molar refractivity (Wildman–Crippen MR) is 101 cm³/mol. The highest BCUT2D eigenvalue weighted by molar-refractivity contribution is 7.80. The minimum atomic E-state index is -0.465. The van der Waals surface area contributed by atoms with Crippen LogP contribution in [0, 0.1) is 30.9 Å². The zero-order chi connectivity index (χ0) is 17.7. The molecule has 2 N–H and O–H groups in total. The number of hydrogen-bond donors (Lipinski definition) is 2. The first-order valence-electron chi connectivity index (χ1n) is 7.30. The van der Waals surface area contributed by atoms with Crippen LogP contribution in [0.2, 0.25) is 0 Å². The molecule has 0 aliphatic carbocycles. The molecular formula is C17H18N4O2S. The molecule has 0 amide bonds. The van der Waals surface area contributed by atoms with Gasteiger partial charge in [-0.2, -0.15) is 5.10 Å². The molecule has 124 valence electrons. The van der Waals surface area contributed by atoms with E-state index < -0.39 is 4.92 Å². The highest BCUT2D eigenvalue weighted by Gasteiger charge is 2.12. The second-order valence-corrected chi connectivity index (χ2v) is 5.82. The normalized spacial score (nSPS) is 10.6. The van der Waals surface area contributed by atoms with E-state index in [0.717, 1.165) is 16.7 Å². The Morgan fingerprint density at radius 3 is 2.46 bits per heavy atom. The summed E-state index contributed by atoms with van der Waals surface area (Å²) < 4.78 is 0. The molecule has 0 bridgehead atoms. The average molecular weight is 342 g/mol. The number of nitro benzene ring substituents is 1. The lowest BCUT2D eigenvalue weighted by Gasteiger charge is -2.08. The first kappa shape index (κ1) is 17.6. The summed E-state index contributed by atoms with van der Waals surface area (Å²) in [5.41, 5.74) is 7.41. The average Bonchev–Trinajstić information content (AvgIpc) is 2.50. The number of benzene rings is 2. The Morgan fingerprint density at radius 1 is 1.21 bits per heavy atom. The third-order valence-corrected chi connectivity index (χ3v) is 3.64. The molecule has 0 aromatic heterocycles. The van der Waals surface area contributed by atoms with Crippen molar-refractivity contribution in [3.63, 3.8) is 0 Å². The van der Waals surface area contributed by atoms with Crippen molar-refractivity contribution in [2.24, 2.45) is 5.10 Å². The standard InChI is InChI=1S/C17H18N4O2S/c1-11-8-12(2)14(13(3)9-11)10-18-20-17(24)19-15-6-4-5-7-16(15)21(22)23/h4-10H,1-3H3,(H2,19,20,24)/b18-10-. The summed E-state index contributed by atoms with van der Waals surface area (Å²) in [6.07, 6.45) is 1.69. The highest BCUT2D eigenvalue weighted by Crippen LogP contribution is 2.22. The molecule has 2 rings (SSSR count). The van der Waals surface area contributed by atoms with Crippen molar-refractivity contribution in [1.29, 1.82) is 0 Å². The molecule has 0 radical (unpaired) electrons. The molecule has 0 saturated carbocycles. The quantitative estimate of drug-likeness (QED) is 0.382. The van der Waals surface area contributed by atoms with Crippen molar-refractivity contribution < 1.29 is 4.92 Å². The molecular weight excluding hydrogens is 324 g/mol. The van der Waals surface area contributed by atoms with Gasteiger partial charge in [0.15, 0.2) is 5.11 Å². The fourth-order valence-corrected chi connectivity index (χ4v) is 2.60. The maximum Gasteiger partial charge on any atom is 0.292 e. The van der Waals surface area contributed by atoms with Gasteiger partial charge in [-0.3, -0.25) is 15.5 Å². The largest absolute Gasteiger partial charge is 0.326 e. The summed E-state index contributed by atoms with van der Waals surface area (Å²) in [4.78, 5) is 10.5. The number of anilines is 1. The number of para-hydroxylation sites is 2. The van der Waals surface area contributed by atoms with Crippen molar-refractivity contribution in [3.8, 4) is 0 Å². The van der Waals surface area contributed by atoms with E-state index in [4.69, 9.17) is 12.2 Å². The van der Waals surface area contributed by atoms with Gasteiger partial charge in [-0.1, -0.05) is 29.8 Å². The van der Waals surface area contributed by atoms with Gasteiger partial charge >= 0.3 is 0 Å². The van der Waals surface area contributed by atoms with Crippen LogP contribution in [0.3, 0.4) is 0 Å². The molecule has 24 heavy (non-hydrogen) atoms. The number of aryl methyl sites for hydroxylation is 3. The lowest BCUT2D eigenvalue weighted by Crippen LogP contribution is -2.24. The highest BCUT2D eigenvalue weighted by atomic mass is 32.1. The van der Waals surface area contributed by atoms with Gasteiger partial charge in [0.1, 0.15) is 5.69 Å². The van der Waals surface area contributed by atoms with E-state index in [1.807, 2.05) is 20.8 Å². The molecule has 6 nitrogen and oxygen atoms in total. The summed E-state index contributed by atoms with van der Waals surface area (Å²) in [7, 11) is 0.